The number of benzene rings is 2. The maximum atomic E-state index is 12.6. The lowest BCUT2D eigenvalue weighted by atomic mass is 9.98. The van der Waals surface area contributed by atoms with Crippen LogP contribution in [0.15, 0.2) is 58.3 Å². The Morgan fingerprint density at radius 1 is 1.00 bits per heavy atom. The van der Waals surface area contributed by atoms with Crippen LogP contribution in [0.25, 0.3) is 0 Å². The van der Waals surface area contributed by atoms with Crippen molar-refractivity contribution in [2.75, 3.05) is 27.2 Å². The van der Waals surface area contributed by atoms with Crippen LogP contribution < -0.4 is 4.72 Å². The highest BCUT2D eigenvalue weighted by molar-refractivity contribution is 7.89. The van der Waals surface area contributed by atoms with Crippen LogP contribution in [0.3, 0.4) is 0 Å². The summed E-state index contributed by atoms with van der Waals surface area (Å²) in [6.07, 6.45) is 0.458. The van der Waals surface area contributed by atoms with Gasteiger partial charge in [0.2, 0.25) is 20.0 Å². The van der Waals surface area contributed by atoms with Crippen LogP contribution in [0.4, 0.5) is 0 Å². The molecule has 1 N–H and O–H groups in total. The largest absolute Gasteiger partial charge is 0.372 e. The van der Waals surface area contributed by atoms with E-state index in [4.69, 9.17) is 4.74 Å². The molecule has 1 aliphatic rings. The van der Waals surface area contributed by atoms with Gasteiger partial charge in [-0.1, -0.05) is 24.3 Å². The molecule has 0 fully saturated rings. The highest BCUT2D eigenvalue weighted by Crippen LogP contribution is 2.26. The first-order valence-corrected chi connectivity index (χ1v) is 11.4. The van der Waals surface area contributed by atoms with Gasteiger partial charge in [0.05, 0.1) is 22.5 Å². The van der Waals surface area contributed by atoms with Crippen molar-refractivity contribution in [2.45, 2.75) is 22.3 Å². The van der Waals surface area contributed by atoms with Crippen LogP contribution in [0.5, 0.6) is 0 Å². The number of hydrogen-bond donors (Lipinski definition) is 1. The van der Waals surface area contributed by atoms with Gasteiger partial charge in [-0.05, 0) is 41.8 Å². The van der Waals surface area contributed by atoms with E-state index in [9.17, 15) is 16.8 Å². The normalized spacial score (nSPS) is 17.7. The minimum atomic E-state index is -3.78. The summed E-state index contributed by atoms with van der Waals surface area (Å²) >= 11 is 0. The van der Waals surface area contributed by atoms with Crippen molar-refractivity contribution in [2.24, 2.45) is 0 Å². The minimum absolute atomic E-state index is 0.00398. The van der Waals surface area contributed by atoms with E-state index in [2.05, 4.69) is 4.72 Å². The average molecular weight is 411 g/mol. The molecular weight excluding hydrogens is 388 g/mol. The van der Waals surface area contributed by atoms with E-state index in [1.807, 2.05) is 24.3 Å². The van der Waals surface area contributed by atoms with Gasteiger partial charge in [-0.25, -0.2) is 25.9 Å². The van der Waals surface area contributed by atoms with E-state index in [0.29, 0.717) is 6.61 Å². The lowest BCUT2D eigenvalue weighted by molar-refractivity contribution is 0.0460. The number of fused-ring (bicyclic) bond motifs is 1. The summed E-state index contributed by atoms with van der Waals surface area (Å²) in [5.74, 6) is 0. The number of ether oxygens (including phenoxy) is 1. The molecular formula is C18H22N2O5S2. The van der Waals surface area contributed by atoms with Gasteiger partial charge in [0, 0.05) is 20.6 Å². The first kappa shape index (κ1) is 20.0. The van der Waals surface area contributed by atoms with Crippen molar-refractivity contribution in [3.05, 3.63) is 59.7 Å². The lowest BCUT2D eigenvalue weighted by Gasteiger charge is -2.26. The van der Waals surface area contributed by atoms with Gasteiger partial charge in [-0.3, -0.25) is 0 Å². The summed E-state index contributed by atoms with van der Waals surface area (Å²) in [6.45, 7) is 0.650. The zero-order chi connectivity index (χ0) is 19.7. The molecule has 0 radical (unpaired) electrons. The fourth-order valence-corrected chi connectivity index (χ4v) is 4.85. The second kappa shape index (κ2) is 7.69. The molecule has 0 aromatic heterocycles. The second-order valence-corrected chi connectivity index (χ2v) is 10.3. The average Bonchev–Trinajstić information content (AvgIpc) is 2.66. The Balaban J connectivity index is 1.75. The Bertz CT molecular complexity index is 1020. The highest BCUT2D eigenvalue weighted by Gasteiger charge is 2.24. The highest BCUT2D eigenvalue weighted by atomic mass is 32.2. The van der Waals surface area contributed by atoms with Crippen molar-refractivity contribution in [3.8, 4) is 0 Å². The van der Waals surface area contributed by atoms with Crippen molar-refractivity contribution in [3.63, 3.8) is 0 Å². The number of hydrogen-bond acceptors (Lipinski definition) is 5. The first-order valence-electron chi connectivity index (χ1n) is 8.43. The van der Waals surface area contributed by atoms with Gasteiger partial charge < -0.3 is 4.74 Å². The quantitative estimate of drug-likeness (QED) is 0.780. The van der Waals surface area contributed by atoms with Gasteiger partial charge in [-0.2, -0.15) is 0 Å². The molecule has 0 aliphatic carbocycles. The fourth-order valence-electron chi connectivity index (χ4n) is 2.92. The molecule has 0 spiro atoms. The third-order valence-corrected chi connectivity index (χ3v) is 7.73. The van der Waals surface area contributed by atoms with Crippen LogP contribution in [-0.2, 0) is 31.2 Å². The van der Waals surface area contributed by atoms with Crippen LogP contribution in [0, 0.1) is 0 Å². The molecule has 0 unspecified atom stereocenters. The molecule has 0 bridgehead atoms. The minimum Gasteiger partial charge on any atom is -0.372 e. The molecule has 3 rings (SSSR count). The maximum absolute atomic E-state index is 12.6. The molecule has 1 atom stereocenters. The van der Waals surface area contributed by atoms with E-state index in [1.54, 1.807) is 0 Å². The molecule has 0 saturated carbocycles. The van der Waals surface area contributed by atoms with E-state index in [-0.39, 0.29) is 22.4 Å². The molecule has 7 nitrogen and oxygen atoms in total. The number of rotatable bonds is 6. The summed E-state index contributed by atoms with van der Waals surface area (Å²) in [7, 11) is -4.55. The van der Waals surface area contributed by atoms with Gasteiger partial charge in [0.15, 0.2) is 0 Å². The summed E-state index contributed by atoms with van der Waals surface area (Å²) in [6, 6.07) is 13.0. The van der Waals surface area contributed by atoms with Gasteiger partial charge >= 0.3 is 0 Å². The summed E-state index contributed by atoms with van der Waals surface area (Å²) in [5, 5.41) is 0. The molecule has 2 aromatic carbocycles. The van der Waals surface area contributed by atoms with Crippen molar-refractivity contribution in [1.82, 2.24) is 9.03 Å². The topological polar surface area (TPSA) is 92.8 Å². The van der Waals surface area contributed by atoms with Crippen molar-refractivity contribution < 1.29 is 21.6 Å². The van der Waals surface area contributed by atoms with Gasteiger partial charge in [-0.15, -0.1) is 0 Å². The molecule has 146 valence electrons. The second-order valence-electron chi connectivity index (χ2n) is 6.42. The zero-order valence-corrected chi connectivity index (χ0v) is 16.8. The number of sulfonamides is 2. The predicted molar refractivity (Wildman–Crippen MR) is 101 cm³/mol. The molecule has 1 heterocycles. The smallest absolute Gasteiger partial charge is 0.242 e. The first-order chi connectivity index (χ1) is 12.7. The Hall–Kier alpha value is -1.78. The molecule has 2 aromatic rings. The Labute approximate surface area is 160 Å². The monoisotopic (exact) mass is 410 g/mol. The standard InChI is InChI=1S/C18H22N2O5S2/c1-20(2)27(23,24)16-9-7-15(8-10-16)26(21,22)19-13-18-17-6-4-3-5-14(17)11-12-25-18/h3-10,18-19H,11-13H2,1-2H3/t18-/m1/s1. The third-order valence-electron chi connectivity index (χ3n) is 4.46. The van der Waals surface area contributed by atoms with Crippen LogP contribution in [-0.4, -0.2) is 48.4 Å². The van der Waals surface area contributed by atoms with Gasteiger partial charge in [0.25, 0.3) is 0 Å². The maximum Gasteiger partial charge on any atom is 0.242 e. The third kappa shape index (κ3) is 4.22. The van der Waals surface area contributed by atoms with Gasteiger partial charge in [0.1, 0.15) is 0 Å². The summed E-state index contributed by atoms with van der Waals surface area (Å²) in [5.41, 5.74) is 2.14. The Morgan fingerprint density at radius 2 is 1.63 bits per heavy atom. The van der Waals surface area contributed by atoms with Crippen LogP contribution in [0.2, 0.25) is 0 Å². The summed E-state index contributed by atoms with van der Waals surface area (Å²) in [4.78, 5) is 0.0419. The SMILES string of the molecule is CN(C)S(=O)(=O)c1ccc(S(=O)(=O)NC[C@H]2OCCc3ccccc32)cc1. The lowest BCUT2D eigenvalue weighted by Crippen LogP contribution is -2.32. The molecule has 0 saturated heterocycles. The molecule has 0 amide bonds. The van der Waals surface area contributed by atoms with Crippen molar-refractivity contribution >= 4 is 20.0 Å². The fraction of sp³-hybridized carbons (Fsp3) is 0.333. The number of nitrogens with zero attached hydrogens (tertiary/aromatic N) is 1. The summed E-state index contributed by atoms with van der Waals surface area (Å²) < 4.78 is 58.6. The van der Waals surface area contributed by atoms with E-state index in [1.165, 1.54) is 38.4 Å². The van der Waals surface area contributed by atoms with Crippen LogP contribution >= 0.6 is 0 Å². The zero-order valence-electron chi connectivity index (χ0n) is 15.1. The molecule has 9 heteroatoms. The Kier molecular flexibility index (Phi) is 5.68. The van der Waals surface area contributed by atoms with E-state index in [0.717, 1.165) is 21.9 Å². The van der Waals surface area contributed by atoms with Crippen molar-refractivity contribution in [1.29, 1.82) is 0 Å². The molecule has 1 aliphatic heterocycles. The predicted octanol–water partition coefficient (Wildman–Crippen LogP) is 1.53. The van der Waals surface area contributed by atoms with E-state index < -0.39 is 20.0 Å². The van der Waals surface area contributed by atoms with Crippen LogP contribution in [0.1, 0.15) is 17.2 Å². The van der Waals surface area contributed by atoms with E-state index >= 15 is 0 Å². The molecule has 27 heavy (non-hydrogen) atoms. The number of nitrogens with one attached hydrogen (secondary N) is 1. The Morgan fingerprint density at radius 3 is 2.30 bits per heavy atom.